The van der Waals surface area contributed by atoms with Gasteiger partial charge in [-0.2, -0.15) is 0 Å². The van der Waals surface area contributed by atoms with E-state index in [1.807, 2.05) is 26.0 Å². The number of hydrazine groups is 1. The minimum absolute atomic E-state index is 0.107. The van der Waals surface area contributed by atoms with Crippen molar-refractivity contribution in [2.24, 2.45) is 5.84 Å². The summed E-state index contributed by atoms with van der Waals surface area (Å²) < 4.78 is 5.75. The summed E-state index contributed by atoms with van der Waals surface area (Å²) in [6.07, 6.45) is 7.35. The molecule has 1 atom stereocenters. The van der Waals surface area contributed by atoms with Gasteiger partial charge in [-0.3, -0.25) is 5.84 Å². The predicted octanol–water partition coefficient (Wildman–Crippen LogP) is 3.48. The molecule has 0 heterocycles. The Kier molecular flexibility index (Phi) is 5.00. The smallest absolute Gasteiger partial charge is 0.120 e. The van der Waals surface area contributed by atoms with Crippen LogP contribution in [-0.2, 0) is 0 Å². The Labute approximate surface area is 115 Å². The summed E-state index contributed by atoms with van der Waals surface area (Å²) in [6.45, 7) is 4.07. The van der Waals surface area contributed by atoms with Crippen molar-refractivity contribution in [3.05, 3.63) is 41.5 Å². The molecular weight excluding hydrogens is 236 g/mol. The second-order valence-corrected chi connectivity index (χ2v) is 5.36. The van der Waals surface area contributed by atoms with Crippen LogP contribution in [0, 0.1) is 0 Å². The third-order valence-corrected chi connectivity index (χ3v) is 3.43. The Bertz CT molecular complexity index is 440. The molecule has 1 aromatic carbocycles. The molecule has 0 bridgehead atoms. The van der Waals surface area contributed by atoms with Gasteiger partial charge in [0.25, 0.3) is 0 Å². The molecule has 1 aromatic rings. The predicted molar refractivity (Wildman–Crippen MR) is 78.8 cm³/mol. The van der Waals surface area contributed by atoms with Crippen molar-refractivity contribution in [1.29, 1.82) is 0 Å². The summed E-state index contributed by atoms with van der Waals surface area (Å²) in [6, 6.07) is 8.32. The third-order valence-electron chi connectivity index (χ3n) is 3.43. The SMILES string of the molecule is CC(C)Oc1cccc(C(NN)C2=CCCCC2)c1. The highest BCUT2D eigenvalue weighted by molar-refractivity contribution is 5.35. The van der Waals surface area contributed by atoms with Crippen LogP contribution in [0.5, 0.6) is 5.75 Å². The van der Waals surface area contributed by atoms with E-state index < -0.39 is 0 Å². The highest BCUT2D eigenvalue weighted by Crippen LogP contribution is 2.30. The average molecular weight is 260 g/mol. The Morgan fingerprint density at radius 3 is 2.74 bits per heavy atom. The van der Waals surface area contributed by atoms with Crippen molar-refractivity contribution in [3.63, 3.8) is 0 Å². The molecule has 3 nitrogen and oxygen atoms in total. The fraction of sp³-hybridized carbons (Fsp3) is 0.500. The quantitative estimate of drug-likeness (QED) is 0.484. The van der Waals surface area contributed by atoms with Crippen molar-refractivity contribution < 1.29 is 4.74 Å². The number of rotatable bonds is 5. The molecule has 3 heteroatoms. The van der Waals surface area contributed by atoms with E-state index in [2.05, 4.69) is 23.6 Å². The summed E-state index contributed by atoms with van der Waals surface area (Å²) >= 11 is 0. The molecule has 104 valence electrons. The zero-order valence-corrected chi connectivity index (χ0v) is 11.9. The van der Waals surface area contributed by atoms with Gasteiger partial charge in [-0.05, 0) is 57.2 Å². The van der Waals surface area contributed by atoms with Gasteiger partial charge >= 0.3 is 0 Å². The van der Waals surface area contributed by atoms with Crippen LogP contribution in [0.15, 0.2) is 35.9 Å². The molecular formula is C16H24N2O. The lowest BCUT2D eigenvalue weighted by molar-refractivity contribution is 0.242. The van der Waals surface area contributed by atoms with Crippen molar-refractivity contribution in [3.8, 4) is 5.75 Å². The minimum Gasteiger partial charge on any atom is -0.491 e. The Morgan fingerprint density at radius 1 is 1.26 bits per heavy atom. The molecule has 0 radical (unpaired) electrons. The number of hydrogen-bond donors (Lipinski definition) is 2. The highest BCUT2D eigenvalue weighted by Gasteiger charge is 2.17. The van der Waals surface area contributed by atoms with Crippen LogP contribution in [0.3, 0.4) is 0 Å². The van der Waals surface area contributed by atoms with Gasteiger partial charge in [-0.25, -0.2) is 5.43 Å². The second-order valence-electron chi connectivity index (χ2n) is 5.36. The van der Waals surface area contributed by atoms with Crippen molar-refractivity contribution in [2.75, 3.05) is 0 Å². The molecule has 2 rings (SSSR count). The minimum atomic E-state index is 0.107. The summed E-state index contributed by atoms with van der Waals surface area (Å²) in [4.78, 5) is 0. The van der Waals surface area contributed by atoms with E-state index in [4.69, 9.17) is 10.6 Å². The van der Waals surface area contributed by atoms with Crippen LogP contribution in [0.1, 0.15) is 51.1 Å². The summed E-state index contributed by atoms with van der Waals surface area (Å²) in [5, 5.41) is 0. The molecule has 0 aromatic heterocycles. The van der Waals surface area contributed by atoms with Crippen LogP contribution in [0.4, 0.5) is 0 Å². The van der Waals surface area contributed by atoms with E-state index in [1.54, 1.807) is 0 Å². The molecule has 19 heavy (non-hydrogen) atoms. The van der Waals surface area contributed by atoms with Crippen LogP contribution in [-0.4, -0.2) is 6.10 Å². The molecule has 0 aliphatic heterocycles. The summed E-state index contributed by atoms with van der Waals surface area (Å²) in [7, 11) is 0. The molecule has 0 amide bonds. The lowest BCUT2D eigenvalue weighted by atomic mass is 9.90. The van der Waals surface area contributed by atoms with Crippen LogP contribution in [0.2, 0.25) is 0 Å². The maximum atomic E-state index is 5.76. The highest BCUT2D eigenvalue weighted by atomic mass is 16.5. The first-order chi connectivity index (χ1) is 9.20. The summed E-state index contributed by atoms with van der Waals surface area (Å²) in [5.41, 5.74) is 5.52. The van der Waals surface area contributed by atoms with E-state index in [-0.39, 0.29) is 12.1 Å². The normalized spacial score (nSPS) is 17.2. The van der Waals surface area contributed by atoms with Gasteiger partial charge in [-0.1, -0.05) is 23.8 Å². The zero-order chi connectivity index (χ0) is 13.7. The van der Waals surface area contributed by atoms with E-state index >= 15 is 0 Å². The van der Waals surface area contributed by atoms with E-state index in [1.165, 1.54) is 24.0 Å². The second kappa shape index (κ2) is 6.73. The lowest BCUT2D eigenvalue weighted by Crippen LogP contribution is -2.30. The molecule has 3 N–H and O–H groups in total. The zero-order valence-electron chi connectivity index (χ0n) is 11.9. The topological polar surface area (TPSA) is 47.3 Å². The Balaban J connectivity index is 2.20. The summed E-state index contributed by atoms with van der Waals surface area (Å²) in [5.74, 6) is 6.66. The van der Waals surface area contributed by atoms with Crippen LogP contribution in [0.25, 0.3) is 0 Å². The standard InChI is InChI=1S/C16H24N2O/c1-12(2)19-15-10-6-9-14(11-15)16(18-17)13-7-4-3-5-8-13/h6-7,9-12,16,18H,3-5,8,17H2,1-2H3. The largest absolute Gasteiger partial charge is 0.491 e. The number of hydrogen-bond acceptors (Lipinski definition) is 3. The molecule has 0 saturated heterocycles. The van der Waals surface area contributed by atoms with Gasteiger partial charge < -0.3 is 4.74 Å². The number of benzene rings is 1. The van der Waals surface area contributed by atoms with Gasteiger partial charge in [0.2, 0.25) is 0 Å². The van der Waals surface area contributed by atoms with Gasteiger partial charge in [0.05, 0.1) is 12.1 Å². The Hall–Kier alpha value is -1.32. The van der Waals surface area contributed by atoms with Gasteiger partial charge in [0.1, 0.15) is 5.75 Å². The first-order valence-electron chi connectivity index (χ1n) is 7.12. The molecule has 0 fully saturated rings. The molecule has 0 spiro atoms. The maximum absolute atomic E-state index is 5.76. The number of allylic oxidation sites excluding steroid dienone is 1. The molecule has 1 unspecified atom stereocenters. The van der Waals surface area contributed by atoms with Gasteiger partial charge in [0, 0.05) is 0 Å². The van der Waals surface area contributed by atoms with Crippen molar-refractivity contribution >= 4 is 0 Å². The third kappa shape index (κ3) is 3.82. The van der Waals surface area contributed by atoms with Crippen LogP contribution >= 0.6 is 0 Å². The number of nitrogens with two attached hydrogens (primary N) is 1. The van der Waals surface area contributed by atoms with Crippen molar-refractivity contribution in [2.45, 2.75) is 51.7 Å². The monoisotopic (exact) mass is 260 g/mol. The lowest BCUT2D eigenvalue weighted by Gasteiger charge is -2.23. The molecule has 1 aliphatic rings. The Morgan fingerprint density at radius 2 is 2.11 bits per heavy atom. The average Bonchev–Trinajstić information content (AvgIpc) is 2.40. The van der Waals surface area contributed by atoms with Gasteiger partial charge in [-0.15, -0.1) is 0 Å². The molecule has 1 aliphatic carbocycles. The first-order valence-corrected chi connectivity index (χ1v) is 7.12. The first kappa shape index (κ1) is 14.1. The fourth-order valence-electron chi connectivity index (χ4n) is 2.58. The van der Waals surface area contributed by atoms with E-state index in [0.717, 1.165) is 18.6 Å². The van der Waals surface area contributed by atoms with Crippen LogP contribution < -0.4 is 16.0 Å². The van der Waals surface area contributed by atoms with Gasteiger partial charge in [0.15, 0.2) is 0 Å². The fourth-order valence-corrected chi connectivity index (χ4v) is 2.58. The van der Waals surface area contributed by atoms with E-state index in [0.29, 0.717) is 0 Å². The maximum Gasteiger partial charge on any atom is 0.120 e. The molecule has 0 saturated carbocycles. The van der Waals surface area contributed by atoms with Crippen molar-refractivity contribution in [1.82, 2.24) is 5.43 Å². The number of ether oxygens (including phenoxy) is 1. The number of nitrogens with one attached hydrogen (secondary N) is 1. The van der Waals surface area contributed by atoms with E-state index in [9.17, 15) is 0 Å².